The average molecular weight is 395 g/mol. The van der Waals surface area contributed by atoms with Gasteiger partial charge in [0.1, 0.15) is 0 Å². The molecule has 1 amide bonds. The zero-order valence-corrected chi connectivity index (χ0v) is 15.3. The third kappa shape index (κ3) is 3.77. The highest BCUT2D eigenvalue weighted by atomic mass is 35.5. The summed E-state index contributed by atoms with van der Waals surface area (Å²) in [5, 5.41) is 11.2. The van der Waals surface area contributed by atoms with Crippen LogP contribution in [0.3, 0.4) is 0 Å². The summed E-state index contributed by atoms with van der Waals surface area (Å²) in [7, 11) is 0. The number of amides is 1. The summed E-state index contributed by atoms with van der Waals surface area (Å²) in [5.41, 5.74) is 1.63. The van der Waals surface area contributed by atoms with Crippen LogP contribution in [-0.4, -0.2) is 30.9 Å². The number of hydrogen-bond acceptors (Lipinski definition) is 5. The van der Waals surface area contributed by atoms with Crippen LogP contribution in [0.1, 0.15) is 21.7 Å². The van der Waals surface area contributed by atoms with Crippen molar-refractivity contribution in [2.24, 2.45) is 0 Å². The largest absolute Gasteiger partial charge is 0.345 e. The molecule has 0 aliphatic rings. The Bertz CT molecular complexity index is 1200. The summed E-state index contributed by atoms with van der Waals surface area (Å²) in [6, 6.07) is 16.7. The van der Waals surface area contributed by atoms with Gasteiger partial charge in [-0.2, -0.15) is 0 Å². The molecule has 2 aromatic carbocycles. The Balaban J connectivity index is 1.59. The molecular formula is C19H15ClN6O2. The molecule has 0 bridgehead atoms. The number of nitrogens with zero attached hydrogens (tertiary/aromatic N) is 4. The number of nitrogens with one attached hydrogen (secondary N) is 2. The van der Waals surface area contributed by atoms with Crippen LogP contribution in [-0.2, 0) is 13.1 Å². The lowest BCUT2D eigenvalue weighted by molar-refractivity contribution is 0.0940. The highest BCUT2D eigenvalue weighted by molar-refractivity contribution is 6.30. The Kier molecular flexibility index (Phi) is 4.86. The van der Waals surface area contributed by atoms with Crippen LogP contribution in [0.2, 0.25) is 5.02 Å². The Labute approximate surface area is 164 Å². The first kappa shape index (κ1) is 17.9. The fourth-order valence-electron chi connectivity index (χ4n) is 2.75. The quantitative estimate of drug-likeness (QED) is 0.539. The van der Waals surface area contributed by atoms with E-state index in [1.54, 1.807) is 18.2 Å². The number of rotatable bonds is 5. The molecule has 0 aliphatic carbocycles. The van der Waals surface area contributed by atoms with Crippen molar-refractivity contribution >= 4 is 28.7 Å². The molecule has 0 radical (unpaired) electrons. The molecule has 4 rings (SSSR count). The highest BCUT2D eigenvalue weighted by Crippen LogP contribution is 2.11. The number of fused-ring (bicyclic) bond motifs is 1. The van der Waals surface area contributed by atoms with Crippen molar-refractivity contribution in [1.29, 1.82) is 0 Å². The van der Waals surface area contributed by atoms with Crippen LogP contribution >= 0.6 is 11.6 Å². The van der Waals surface area contributed by atoms with Crippen molar-refractivity contribution in [2.75, 3.05) is 0 Å². The Morgan fingerprint density at radius 2 is 1.89 bits per heavy atom. The van der Waals surface area contributed by atoms with Gasteiger partial charge in [-0.25, -0.2) is 9.67 Å². The molecule has 0 fully saturated rings. The molecule has 8 nitrogen and oxygen atoms in total. The van der Waals surface area contributed by atoms with E-state index in [0.29, 0.717) is 11.6 Å². The summed E-state index contributed by atoms with van der Waals surface area (Å²) >= 11 is 5.95. The molecule has 140 valence electrons. The van der Waals surface area contributed by atoms with Gasteiger partial charge in [-0.3, -0.25) is 9.59 Å². The molecule has 2 N–H and O–H groups in total. The van der Waals surface area contributed by atoms with Crippen molar-refractivity contribution < 1.29 is 4.79 Å². The van der Waals surface area contributed by atoms with Gasteiger partial charge in [-0.1, -0.05) is 59.3 Å². The maximum atomic E-state index is 12.5. The van der Waals surface area contributed by atoms with E-state index in [2.05, 4.69) is 25.6 Å². The molecular weight excluding hydrogens is 380 g/mol. The summed E-state index contributed by atoms with van der Waals surface area (Å²) < 4.78 is 1.49. The summed E-state index contributed by atoms with van der Waals surface area (Å²) in [4.78, 5) is 31.5. The Morgan fingerprint density at radius 1 is 1.11 bits per heavy atom. The van der Waals surface area contributed by atoms with Crippen molar-refractivity contribution in [3.63, 3.8) is 0 Å². The van der Waals surface area contributed by atoms with Crippen LogP contribution < -0.4 is 10.9 Å². The minimum Gasteiger partial charge on any atom is -0.345 e. The topological polar surface area (TPSA) is 106 Å². The van der Waals surface area contributed by atoms with Gasteiger partial charge in [0, 0.05) is 11.6 Å². The van der Waals surface area contributed by atoms with E-state index in [1.807, 2.05) is 36.4 Å². The lowest BCUT2D eigenvalue weighted by Crippen LogP contribution is -2.27. The number of carbonyl (C=O) groups is 1. The molecule has 9 heteroatoms. The number of halogens is 1. The van der Waals surface area contributed by atoms with Crippen LogP contribution in [0.5, 0.6) is 0 Å². The zero-order valence-electron chi connectivity index (χ0n) is 14.6. The number of benzene rings is 2. The van der Waals surface area contributed by atoms with Gasteiger partial charge in [0.2, 0.25) is 5.82 Å². The van der Waals surface area contributed by atoms with Gasteiger partial charge < -0.3 is 10.3 Å². The summed E-state index contributed by atoms with van der Waals surface area (Å²) in [6.45, 7) is 0.639. The monoisotopic (exact) mass is 394 g/mol. The molecule has 0 saturated heterocycles. The fourth-order valence-corrected chi connectivity index (χ4v) is 2.96. The van der Waals surface area contributed by atoms with Crippen molar-refractivity contribution in [1.82, 2.24) is 30.3 Å². The predicted octanol–water partition coefficient (Wildman–Crippen LogP) is 2.15. The Hall–Kier alpha value is -3.52. The SMILES string of the molecule is O=C(NCc1cccc(Cl)c1)c1nc2c(nnn2Cc2ccccc2)c(=O)[nH]1. The minimum atomic E-state index is -0.516. The molecule has 2 heterocycles. The van der Waals surface area contributed by atoms with Crippen LogP contribution in [0.15, 0.2) is 59.4 Å². The zero-order chi connectivity index (χ0) is 19.5. The van der Waals surface area contributed by atoms with E-state index in [-0.39, 0.29) is 23.5 Å². The fraction of sp³-hybridized carbons (Fsp3) is 0.105. The van der Waals surface area contributed by atoms with Crippen molar-refractivity contribution in [3.05, 3.63) is 86.9 Å². The van der Waals surface area contributed by atoms with Gasteiger partial charge in [0.25, 0.3) is 11.5 Å². The highest BCUT2D eigenvalue weighted by Gasteiger charge is 2.16. The standard InChI is InChI=1S/C19H15ClN6O2/c20-14-8-4-7-13(9-14)10-21-19(28)16-22-17-15(18(27)23-16)24-25-26(17)11-12-5-2-1-3-6-12/h1-9H,10-11H2,(H,21,28)(H,22,23,27). The molecule has 0 unspecified atom stereocenters. The smallest absolute Gasteiger partial charge is 0.287 e. The minimum absolute atomic E-state index is 0.0855. The van der Waals surface area contributed by atoms with Crippen LogP contribution in [0, 0.1) is 0 Å². The third-order valence-electron chi connectivity index (χ3n) is 4.11. The maximum Gasteiger partial charge on any atom is 0.287 e. The average Bonchev–Trinajstić information content (AvgIpc) is 3.10. The van der Waals surface area contributed by atoms with Crippen LogP contribution in [0.4, 0.5) is 0 Å². The number of carbonyl (C=O) groups excluding carboxylic acids is 1. The van der Waals surface area contributed by atoms with Crippen molar-refractivity contribution in [3.8, 4) is 0 Å². The van der Waals surface area contributed by atoms with Gasteiger partial charge >= 0.3 is 0 Å². The van der Waals surface area contributed by atoms with E-state index in [0.717, 1.165) is 11.1 Å². The Morgan fingerprint density at radius 3 is 2.68 bits per heavy atom. The first-order chi connectivity index (χ1) is 13.6. The van der Waals surface area contributed by atoms with Crippen LogP contribution in [0.25, 0.3) is 11.2 Å². The summed E-state index contributed by atoms with van der Waals surface area (Å²) in [6.07, 6.45) is 0. The molecule has 0 atom stereocenters. The summed E-state index contributed by atoms with van der Waals surface area (Å²) in [5.74, 6) is -0.609. The molecule has 2 aromatic heterocycles. The molecule has 0 spiro atoms. The number of aromatic nitrogens is 5. The van der Waals surface area contributed by atoms with Gasteiger partial charge in [-0.05, 0) is 23.3 Å². The molecule has 4 aromatic rings. The third-order valence-corrected chi connectivity index (χ3v) is 4.34. The first-order valence-corrected chi connectivity index (χ1v) is 8.88. The van der Waals surface area contributed by atoms with E-state index in [9.17, 15) is 9.59 Å². The number of hydrogen-bond donors (Lipinski definition) is 2. The van der Waals surface area contributed by atoms with Gasteiger partial charge in [0.15, 0.2) is 11.2 Å². The second-order valence-corrected chi connectivity index (χ2v) is 6.57. The van der Waals surface area contributed by atoms with Gasteiger partial charge in [0.05, 0.1) is 6.54 Å². The normalized spacial score (nSPS) is 10.9. The lowest BCUT2D eigenvalue weighted by atomic mass is 10.2. The van der Waals surface area contributed by atoms with Gasteiger partial charge in [-0.15, -0.1) is 5.10 Å². The first-order valence-electron chi connectivity index (χ1n) is 8.50. The second-order valence-electron chi connectivity index (χ2n) is 6.13. The molecule has 28 heavy (non-hydrogen) atoms. The maximum absolute atomic E-state index is 12.5. The number of H-pyrrole nitrogens is 1. The second kappa shape index (κ2) is 7.61. The molecule has 0 saturated carbocycles. The van der Waals surface area contributed by atoms with Crippen molar-refractivity contribution in [2.45, 2.75) is 13.1 Å². The van der Waals surface area contributed by atoms with E-state index >= 15 is 0 Å². The van der Waals surface area contributed by atoms with E-state index < -0.39 is 11.5 Å². The number of aromatic amines is 1. The van der Waals surface area contributed by atoms with E-state index in [1.165, 1.54) is 4.68 Å². The lowest BCUT2D eigenvalue weighted by Gasteiger charge is -2.06. The predicted molar refractivity (Wildman–Crippen MR) is 104 cm³/mol. The molecule has 0 aliphatic heterocycles. The van der Waals surface area contributed by atoms with E-state index in [4.69, 9.17) is 11.6 Å².